The highest BCUT2D eigenvalue weighted by atomic mass is 32.2. The van der Waals surface area contributed by atoms with Gasteiger partial charge < -0.3 is 9.84 Å². The molecule has 0 aliphatic heterocycles. The number of methoxy groups -OCH3 is 1. The number of hydrogen-bond acceptors (Lipinski definition) is 5. The summed E-state index contributed by atoms with van der Waals surface area (Å²) in [6, 6.07) is 8.53. The lowest BCUT2D eigenvalue weighted by atomic mass is 10.1. The summed E-state index contributed by atoms with van der Waals surface area (Å²) in [5.41, 5.74) is -0.0541. The average molecular weight is 324 g/mol. The molecule has 0 fully saturated rings. The predicted octanol–water partition coefficient (Wildman–Crippen LogP) is 2.29. The largest absolute Gasteiger partial charge is 0.507 e. The van der Waals surface area contributed by atoms with Gasteiger partial charge in [-0.1, -0.05) is 12.1 Å². The van der Waals surface area contributed by atoms with E-state index in [0.29, 0.717) is 0 Å². The van der Waals surface area contributed by atoms with Crippen molar-refractivity contribution in [3.8, 4) is 5.75 Å². The van der Waals surface area contributed by atoms with Gasteiger partial charge in [-0.05, 0) is 30.3 Å². The van der Waals surface area contributed by atoms with Crippen LogP contribution in [0.15, 0.2) is 47.4 Å². The summed E-state index contributed by atoms with van der Waals surface area (Å²) in [4.78, 5) is 11.4. The second-order valence-corrected chi connectivity index (χ2v) is 6.51. The van der Waals surface area contributed by atoms with Crippen molar-refractivity contribution in [3.63, 3.8) is 0 Å². The number of aromatic hydroxyl groups is 1. The molecule has 2 aromatic carbocycles. The number of esters is 1. The third kappa shape index (κ3) is 3.25. The molecule has 0 aliphatic rings. The lowest BCUT2D eigenvalue weighted by Crippen LogP contribution is -2.08. The number of para-hydroxylation sites is 1. The Bertz CT molecular complexity index is 797. The fraction of sp³-hybridized carbons (Fsp3) is 0.133. The fourth-order valence-corrected chi connectivity index (χ4v) is 3.27. The predicted molar refractivity (Wildman–Crippen MR) is 76.7 cm³/mol. The van der Waals surface area contributed by atoms with Crippen LogP contribution in [0.3, 0.4) is 0 Å². The molecule has 0 atom stereocenters. The van der Waals surface area contributed by atoms with E-state index < -0.39 is 33.1 Å². The van der Waals surface area contributed by atoms with E-state index in [1.54, 1.807) is 0 Å². The van der Waals surface area contributed by atoms with E-state index in [0.717, 1.165) is 31.4 Å². The van der Waals surface area contributed by atoms with Crippen LogP contribution in [0.2, 0.25) is 0 Å². The summed E-state index contributed by atoms with van der Waals surface area (Å²) >= 11 is 0. The third-order valence-electron chi connectivity index (χ3n) is 3.04. The molecule has 0 saturated heterocycles. The van der Waals surface area contributed by atoms with E-state index in [2.05, 4.69) is 4.74 Å². The zero-order chi connectivity index (χ0) is 16.3. The first kappa shape index (κ1) is 16.0. The van der Waals surface area contributed by atoms with Gasteiger partial charge in [0.2, 0.25) is 0 Å². The number of hydrogen-bond donors (Lipinski definition) is 1. The molecule has 1 N–H and O–H groups in total. The minimum atomic E-state index is -3.78. The minimum absolute atomic E-state index is 0.0622. The number of ether oxygens (including phenoxy) is 1. The van der Waals surface area contributed by atoms with Crippen LogP contribution in [0, 0.1) is 5.82 Å². The quantitative estimate of drug-likeness (QED) is 0.689. The lowest BCUT2D eigenvalue weighted by Gasteiger charge is -2.09. The summed E-state index contributed by atoms with van der Waals surface area (Å²) in [5.74, 6) is -2.27. The van der Waals surface area contributed by atoms with Crippen LogP contribution < -0.4 is 0 Å². The van der Waals surface area contributed by atoms with Crippen molar-refractivity contribution in [2.24, 2.45) is 0 Å². The van der Waals surface area contributed by atoms with E-state index in [4.69, 9.17) is 0 Å². The summed E-state index contributed by atoms with van der Waals surface area (Å²) in [5, 5.41) is 10.0. The van der Waals surface area contributed by atoms with Crippen molar-refractivity contribution >= 4 is 15.8 Å². The number of sulfone groups is 1. The van der Waals surface area contributed by atoms with Crippen LogP contribution in [-0.4, -0.2) is 26.6 Å². The first-order valence-electron chi connectivity index (χ1n) is 6.22. The third-order valence-corrected chi connectivity index (χ3v) is 4.72. The van der Waals surface area contributed by atoms with Gasteiger partial charge in [0.05, 0.1) is 17.8 Å². The van der Waals surface area contributed by atoms with Crippen LogP contribution in [0.5, 0.6) is 5.75 Å². The Morgan fingerprint density at radius 3 is 2.41 bits per heavy atom. The van der Waals surface area contributed by atoms with Crippen molar-refractivity contribution in [2.75, 3.05) is 7.11 Å². The summed E-state index contributed by atoms with van der Waals surface area (Å²) in [6.45, 7) is 0. The maximum atomic E-state index is 12.9. The van der Waals surface area contributed by atoms with Gasteiger partial charge in [-0.15, -0.1) is 0 Å². The number of carbonyl (C=O) groups is 1. The molecule has 0 radical (unpaired) electrons. The van der Waals surface area contributed by atoms with Gasteiger partial charge in [-0.25, -0.2) is 17.6 Å². The van der Waals surface area contributed by atoms with Gasteiger partial charge in [0.15, 0.2) is 9.84 Å². The van der Waals surface area contributed by atoms with Gasteiger partial charge in [-0.3, -0.25) is 0 Å². The van der Waals surface area contributed by atoms with Gasteiger partial charge in [0, 0.05) is 5.56 Å². The molecule has 7 heteroatoms. The molecule has 0 aliphatic carbocycles. The molecule has 5 nitrogen and oxygen atoms in total. The molecule has 0 unspecified atom stereocenters. The van der Waals surface area contributed by atoms with Gasteiger partial charge >= 0.3 is 5.97 Å². The number of halogens is 1. The van der Waals surface area contributed by atoms with Gasteiger partial charge in [-0.2, -0.15) is 0 Å². The van der Waals surface area contributed by atoms with Gasteiger partial charge in [0.25, 0.3) is 0 Å². The Kier molecular flexibility index (Phi) is 4.46. The smallest absolute Gasteiger partial charge is 0.341 e. The average Bonchev–Trinajstić information content (AvgIpc) is 2.49. The number of benzene rings is 2. The van der Waals surface area contributed by atoms with E-state index in [1.165, 1.54) is 18.2 Å². The summed E-state index contributed by atoms with van der Waals surface area (Å²) < 4.78 is 41.9. The Labute approximate surface area is 126 Å². The van der Waals surface area contributed by atoms with Crippen LogP contribution >= 0.6 is 0 Å². The van der Waals surface area contributed by atoms with E-state index in [9.17, 15) is 22.7 Å². The molecule has 0 bridgehead atoms. The Morgan fingerprint density at radius 1 is 1.18 bits per heavy atom. The maximum Gasteiger partial charge on any atom is 0.341 e. The molecule has 22 heavy (non-hydrogen) atoms. The summed E-state index contributed by atoms with van der Waals surface area (Å²) in [7, 11) is -2.62. The Morgan fingerprint density at radius 2 is 1.82 bits per heavy atom. The van der Waals surface area contributed by atoms with Crippen molar-refractivity contribution in [1.29, 1.82) is 0 Å². The first-order chi connectivity index (χ1) is 10.3. The lowest BCUT2D eigenvalue weighted by molar-refractivity contribution is 0.0597. The number of carbonyl (C=O) groups excluding carboxylic acids is 1. The normalized spacial score (nSPS) is 11.2. The number of phenolic OH excluding ortho intramolecular Hbond substituents is 1. The molecule has 0 saturated carbocycles. The fourth-order valence-electron chi connectivity index (χ4n) is 1.91. The van der Waals surface area contributed by atoms with Crippen molar-refractivity contribution in [3.05, 3.63) is 59.4 Å². The van der Waals surface area contributed by atoms with Crippen LogP contribution in [0.1, 0.15) is 15.9 Å². The SMILES string of the molecule is COC(=O)c1cccc(CS(=O)(=O)c2ccc(F)cc2)c1O. The van der Waals surface area contributed by atoms with Gasteiger partial charge in [0.1, 0.15) is 17.1 Å². The van der Waals surface area contributed by atoms with E-state index in [1.807, 2.05) is 0 Å². The molecule has 2 aromatic rings. The zero-order valence-electron chi connectivity index (χ0n) is 11.6. The molecular weight excluding hydrogens is 311 g/mol. The molecular formula is C15H13FO5S. The van der Waals surface area contributed by atoms with Crippen LogP contribution in [0.25, 0.3) is 0 Å². The van der Waals surface area contributed by atoms with E-state index in [-0.39, 0.29) is 16.0 Å². The van der Waals surface area contributed by atoms with Crippen LogP contribution in [0.4, 0.5) is 4.39 Å². The van der Waals surface area contributed by atoms with Crippen LogP contribution in [-0.2, 0) is 20.3 Å². The second-order valence-electron chi connectivity index (χ2n) is 4.52. The van der Waals surface area contributed by atoms with Crippen molar-refractivity contribution in [1.82, 2.24) is 0 Å². The molecule has 116 valence electrons. The highest BCUT2D eigenvalue weighted by Crippen LogP contribution is 2.27. The number of rotatable bonds is 4. The topological polar surface area (TPSA) is 80.7 Å². The second kappa shape index (κ2) is 6.15. The molecule has 0 spiro atoms. The summed E-state index contributed by atoms with van der Waals surface area (Å²) in [6.07, 6.45) is 0. The monoisotopic (exact) mass is 324 g/mol. The first-order valence-corrected chi connectivity index (χ1v) is 7.88. The molecule has 0 amide bonds. The standard InChI is InChI=1S/C15H13FO5S/c1-21-15(18)13-4-2-3-10(14(13)17)9-22(19,20)12-7-5-11(16)6-8-12/h2-8,17H,9H2,1H3. The van der Waals surface area contributed by atoms with Crippen molar-refractivity contribution < 1.29 is 27.4 Å². The highest BCUT2D eigenvalue weighted by Gasteiger charge is 2.21. The number of phenols is 1. The molecule has 2 rings (SSSR count). The van der Waals surface area contributed by atoms with Crippen molar-refractivity contribution in [2.45, 2.75) is 10.6 Å². The zero-order valence-corrected chi connectivity index (χ0v) is 12.4. The Hall–Kier alpha value is -2.41. The maximum absolute atomic E-state index is 12.9. The Balaban J connectivity index is 2.38. The molecule has 0 aromatic heterocycles. The minimum Gasteiger partial charge on any atom is -0.507 e. The molecule has 0 heterocycles. The highest BCUT2D eigenvalue weighted by molar-refractivity contribution is 7.90. The van der Waals surface area contributed by atoms with E-state index >= 15 is 0 Å².